The van der Waals surface area contributed by atoms with E-state index in [4.69, 9.17) is 21.4 Å². The zero-order valence-corrected chi connectivity index (χ0v) is 16.7. The first-order valence-electron chi connectivity index (χ1n) is 9.83. The van der Waals surface area contributed by atoms with Crippen LogP contribution >= 0.6 is 11.6 Å². The average molecular weight is 381 g/mol. The quantitative estimate of drug-likeness (QED) is 0.354. The number of carboxylic acid groups (broad SMARTS) is 1. The Labute approximate surface area is 163 Å². The minimum atomic E-state index is -0.709. The number of carboxylic acids is 1. The molecule has 0 spiro atoms. The maximum Gasteiger partial charge on any atom is 0.303 e. The normalized spacial score (nSPS) is 14.2. The van der Waals surface area contributed by atoms with E-state index in [2.05, 4.69) is 0 Å². The van der Waals surface area contributed by atoms with Gasteiger partial charge < -0.3 is 9.84 Å². The molecule has 0 unspecified atom stereocenters. The summed E-state index contributed by atoms with van der Waals surface area (Å²) in [5, 5.41) is 8.93. The molecule has 0 bridgehead atoms. The Kier molecular flexibility index (Phi) is 12.7. The van der Waals surface area contributed by atoms with E-state index >= 15 is 0 Å². The topological polar surface area (TPSA) is 46.5 Å². The molecule has 1 fully saturated rings. The number of ether oxygens (including phenoxy) is 1. The molecule has 1 saturated carbocycles. The minimum Gasteiger partial charge on any atom is -0.494 e. The Morgan fingerprint density at radius 3 is 2.69 bits per heavy atom. The standard InChI is InChI=1S/C15H21ClO.C7H12O2/c16-14-9-5-10-15(12-14)17-11-4-3-8-13-6-1-2-7-13;1-2-3-4-5-6-7(8)9/h5,9-10,12-13H,1-4,6-8,11H2;2-3H,4-6H2,1H3,(H,8,9)/b;3-2-. The van der Waals surface area contributed by atoms with Crippen LogP contribution in [0.1, 0.15) is 71.1 Å². The number of hydrogen-bond donors (Lipinski definition) is 1. The molecule has 1 aromatic carbocycles. The molecular weight excluding hydrogens is 348 g/mol. The number of aliphatic carboxylic acids is 1. The van der Waals surface area contributed by atoms with Crippen LogP contribution < -0.4 is 4.74 Å². The van der Waals surface area contributed by atoms with Gasteiger partial charge in [-0.25, -0.2) is 0 Å². The Hall–Kier alpha value is -1.48. The highest BCUT2D eigenvalue weighted by atomic mass is 35.5. The first-order valence-corrected chi connectivity index (χ1v) is 10.2. The van der Waals surface area contributed by atoms with Crippen LogP contribution in [0.3, 0.4) is 0 Å². The van der Waals surface area contributed by atoms with Gasteiger partial charge in [0.15, 0.2) is 0 Å². The van der Waals surface area contributed by atoms with Crippen molar-refractivity contribution in [2.24, 2.45) is 5.92 Å². The number of carbonyl (C=O) groups is 1. The molecule has 0 heterocycles. The van der Waals surface area contributed by atoms with E-state index in [9.17, 15) is 4.79 Å². The lowest BCUT2D eigenvalue weighted by molar-refractivity contribution is -0.137. The molecule has 1 aromatic rings. The van der Waals surface area contributed by atoms with Gasteiger partial charge in [-0.15, -0.1) is 0 Å². The maximum atomic E-state index is 9.94. The second kappa shape index (κ2) is 14.7. The van der Waals surface area contributed by atoms with E-state index in [-0.39, 0.29) is 6.42 Å². The van der Waals surface area contributed by atoms with Gasteiger partial charge in [0.05, 0.1) is 6.61 Å². The summed E-state index contributed by atoms with van der Waals surface area (Å²) >= 11 is 5.89. The molecule has 2 rings (SSSR count). The van der Waals surface area contributed by atoms with Crippen molar-refractivity contribution in [3.8, 4) is 5.75 Å². The van der Waals surface area contributed by atoms with E-state index in [0.717, 1.165) is 42.6 Å². The van der Waals surface area contributed by atoms with Crippen LogP contribution in [0.25, 0.3) is 0 Å². The number of halogens is 1. The molecule has 1 N–H and O–H groups in total. The van der Waals surface area contributed by atoms with Crippen molar-refractivity contribution in [2.75, 3.05) is 6.61 Å². The van der Waals surface area contributed by atoms with Crippen LogP contribution in [0.2, 0.25) is 5.02 Å². The lowest BCUT2D eigenvalue weighted by Gasteiger charge is -2.09. The lowest BCUT2D eigenvalue weighted by atomic mass is 10.0. The van der Waals surface area contributed by atoms with E-state index in [0.29, 0.717) is 0 Å². The van der Waals surface area contributed by atoms with Gasteiger partial charge in [-0.05, 0) is 56.7 Å². The monoisotopic (exact) mass is 380 g/mol. The van der Waals surface area contributed by atoms with Crippen LogP contribution in [0.15, 0.2) is 36.4 Å². The summed E-state index contributed by atoms with van der Waals surface area (Å²) in [6.45, 7) is 2.74. The van der Waals surface area contributed by atoms with Crippen molar-refractivity contribution in [1.29, 1.82) is 0 Å². The molecule has 0 amide bonds. The largest absolute Gasteiger partial charge is 0.494 e. The summed E-state index contributed by atoms with van der Waals surface area (Å²) in [6, 6.07) is 7.63. The summed E-state index contributed by atoms with van der Waals surface area (Å²) in [5.74, 6) is 1.18. The summed E-state index contributed by atoms with van der Waals surface area (Å²) in [7, 11) is 0. The van der Waals surface area contributed by atoms with Crippen molar-refractivity contribution >= 4 is 17.6 Å². The van der Waals surface area contributed by atoms with Crippen molar-refractivity contribution in [2.45, 2.75) is 71.1 Å². The third-order valence-electron chi connectivity index (χ3n) is 4.54. The van der Waals surface area contributed by atoms with Crippen molar-refractivity contribution in [3.05, 3.63) is 41.4 Å². The van der Waals surface area contributed by atoms with Gasteiger partial charge in [-0.3, -0.25) is 4.79 Å². The number of allylic oxidation sites excluding steroid dienone is 2. The average Bonchev–Trinajstić information content (AvgIpc) is 3.12. The fraction of sp³-hybridized carbons (Fsp3) is 0.591. The van der Waals surface area contributed by atoms with E-state index in [1.807, 2.05) is 43.3 Å². The second-order valence-electron chi connectivity index (χ2n) is 6.81. The number of benzene rings is 1. The van der Waals surface area contributed by atoms with Crippen molar-refractivity contribution < 1.29 is 14.6 Å². The summed E-state index contributed by atoms with van der Waals surface area (Å²) in [6.07, 6.45) is 15.5. The summed E-state index contributed by atoms with van der Waals surface area (Å²) < 4.78 is 5.67. The van der Waals surface area contributed by atoms with Crippen LogP contribution in [0, 0.1) is 5.92 Å². The predicted octanol–water partition coefficient (Wildman–Crippen LogP) is 6.90. The van der Waals surface area contributed by atoms with Gasteiger partial charge in [-0.1, -0.05) is 61.9 Å². The molecular formula is C22H33ClO3. The second-order valence-corrected chi connectivity index (χ2v) is 7.24. The van der Waals surface area contributed by atoms with Crippen LogP contribution in [0.4, 0.5) is 0 Å². The Morgan fingerprint density at radius 2 is 2.04 bits per heavy atom. The fourth-order valence-corrected chi connectivity index (χ4v) is 3.30. The van der Waals surface area contributed by atoms with Gasteiger partial charge in [0.25, 0.3) is 0 Å². The molecule has 0 radical (unpaired) electrons. The Balaban J connectivity index is 0.000000321. The zero-order valence-electron chi connectivity index (χ0n) is 16.0. The highest BCUT2D eigenvalue weighted by Gasteiger charge is 2.13. The van der Waals surface area contributed by atoms with Crippen molar-refractivity contribution in [3.63, 3.8) is 0 Å². The molecule has 0 atom stereocenters. The highest BCUT2D eigenvalue weighted by molar-refractivity contribution is 6.30. The third kappa shape index (κ3) is 12.0. The van der Waals surface area contributed by atoms with Gasteiger partial charge in [-0.2, -0.15) is 0 Å². The molecule has 0 saturated heterocycles. The van der Waals surface area contributed by atoms with E-state index in [1.54, 1.807) is 0 Å². The van der Waals surface area contributed by atoms with Gasteiger partial charge >= 0.3 is 5.97 Å². The predicted molar refractivity (Wildman–Crippen MR) is 109 cm³/mol. The molecule has 4 heteroatoms. The van der Waals surface area contributed by atoms with Crippen molar-refractivity contribution in [1.82, 2.24) is 0 Å². The maximum absolute atomic E-state index is 9.94. The molecule has 0 aliphatic heterocycles. The lowest BCUT2D eigenvalue weighted by Crippen LogP contribution is -1.99. The zero-order chi connectivity index (χ0) is 19.0. The summed E-state index contributed by atoms with van der Waals surface area (Å²) in [5.41, 5.74) is 0. The molecule has 3 nitrogen and oxygen atoms in total. The van der Waals surface area contributed by atoms with Gasteiger partial charge in [0, 0.05) is 11.4 Å². The summed E-state index contributed by atoms with van der Waals surface area (Å²) in [4.78, 5) is 9.94. The smallest absolute Gasteiger partial charge is 0.303 e. The van der Waals surface area contributed by atoms with Crippen LogP contribution in [-0.2, 0) is 4.79 Å². The Morgan fingerprint density at radius 1 is 1.27 bits per heavy atom. The third-order valence-corrected chi connectivity index (χ3v) is 4.78. The number of unbranched alkanes of at least 4 members (excludes halogenated alkanes) is 2. The fourth-order valence-electron chi connectivity index (χ4n) is 3.12. The van der Waals surface area contributed by atoms with E-state index in [1.165, 1.54) is 38.5 Å². The molecule has 1 aliphatic carbocycles. The first-order chi connectivity index (χ1) is 12.6. The minimum absolute atomic E-state index is 0.282. The van der Waals surface area contributed by atoms with E-state index < -0.39 is 5.97 Å². The number of hydrogen-bond acceptors (Lipinski definition) is 2. The van der Waals surface area contributed by atoms with Crippen LogP contribution in [-0.4, -0.2) is 17.7 Å². The van der Waals surface area contributed by atoms with Gasteiger partial charge in [0.2, 0.25) is 0 Å². The highest BCUT2D eigenvalue weighted by Crippen LogP contribution is 2.28. The van der Waals surface area contributed by atoms with Gasteiger partial charge in [0.1, 0.15) is 5.75 Å². The van der Waals surface area contributed by atoms with Crippen LogP contribution in [0.5, 0.6) is 5.75 Å². The Bertz CT molecular complexity index is 522. The molecule has 0 aromatic heterocycles. The molecule has 1 aliphatic rings. The molecule has 26 heavy (non-hydrogen) atoms. The number of rotatable bonds is 10. The molecule has 146 valence electrons. The first kappa shape index (κ1) is 22.6. The SMILES string of the molecule is C/C=C\CCCC(=O)O.Clc1cccc(OCCCCC2CCCC2)c1.